The average Bonchev–Trinajstić information content (AvgIpc) is 2.50. The summed E-state index contributed by atoms with van der Waals surface area (Å²) in [5, 5.41) is 3.28. The molecule has 1 aromatic rings. The SMILES string of the molecule is CCNCc1ccc(F)c(CN2CC=C(COC)CC2)c1. The molecule has 0 saturated carbocycles. The fraction of sp³-hybridized carbons (Fsp3) is 0.529. The molecular weight excluding hydrogens is 267 g/mol. The summed E-state index contributed by atoms with van der Waals surface area (Å²) < 4.78 is 19.1. The van der Waals surface area contributed by atoms with Gasteiger partial charge in [-0.05, 0) is 30.2 Å². The first-order valence-corrected chi connectivity index (χ1v) is 7.60. The third-order valence-corrected chi connectivity index (χ3v) is 3.80. The van der Waals surface area contributed by atoms with E-state index in [1.165, 1.54) is 5.57 Å². The van der Waals surface area contributed by atoms with Gasteiger partial charge >= 0.3 is 0 Å². The average molecular weight is 292 g/mol. The van der Waals surface area contributed by atoms with E-state index < -0.39 is 0 Å². The van der Waals surface area contributed by atoms with Gasteiger partial charge in [-0.2, -0.15) is 0 Å². The lowest BCUT2D eigenvalue weighted by Gasteiger charge is -2.26. The summed E-state index contributed by atoms with van der Waals surface area (Å²) in [5.41, 5.74) is 3.27. The molecule has 1 aromatic carbocycles. The van der Waals surface area contributed by atoms with E-state index in [9.17, 15) is 4.39 Å². The van der Waals surface area contributed by atoms with Crippen LogP contribution < -0.4 is 5.32 Å². The number of hydrogen-bond acceptors (Lipinski definition) is 3. The van der Waals surface area contributed by atoms with Gasteiger partial charge in [-0.1, -0.05) is 25.1 Å². The molecule has 0 atom stereocenters. The molecule has 0 fully saturated rings. The van der Waals surface area contributed by atoms with Gasteiger partial charge in [0.1, 0.15) is 5.82 Å². The predicted octanol–water partition coefficient (Wildman–Crippen LogP) is 2.71. The number of halogens is 1. The second-order valence-electron chi connectivity index (χ2n) is 5.49. The summed E-state index contributed by atoms with van der Waals surface area (Å²) >= 11 is 0. The van der Waals surface area contributed by atoms with Crippen molar-refractivity contribution in [2.45, 2.75) is 26.4 Å². The van der Waals surface area contributed by atoms with Crippen LogP contribution >= 0.6 is 0 Å². The van der Waals surface area contributed by atoms with Crippen molar-refractivity contribution in [2.24, 2.45) is 0 Å². The second-order valence-corrected chi connectivity index (χ2v) is 5.49. The van der Waals surface area contributed by atoms with Crippen LogP contribution in [0.1, 0.15) is 24.5 Å². The van der Waals surface area contributed by atoms with Gasteiger partial charge in [0, 0.05) is 38.9 Å². The first kappa shape index (κ1) is 16.1. The summed E-state index contributed by atoms with van der Waals surface area (Å²) in [5.74, 6) is -0.109. The molecule has 0 radical (unpaired) electrons. The van der Waals surface area contributed by atoms with Gasteiger partial charge in [-0.3, -0.25) is 4.90 Å². The van der Waals surface area contributed by atoms with Crippen LogP contribution in [0.4, 0.5) is 4.39 Å². The zero-order valence-corrected chi connectivity index (χ0v) is 13.0. The molecule has 0 bridgehead atoms. The van der Waals surface area contributed by atoms with E-state index in [0.29, 0.717) is 13.2 Å². The number of ether oxygens (including phenoxy) is 1. The van der Waals surface area contributed by atoms with E-state index in [1.807, 2.05) is 12.1 Å². The van der Waals surface area contributed by atoms with Crippen molar-refractivity contribution >= 4 is 0 Å². The molecule has 21 heavy (non-hydrogen) atoms. The highest BCUT2D eigenvalue weighted by molar-refractivity contribution is 5.25. The van der Waals surface area contributed by atoms with Gasteiger partial charge in [-0.25, -0.2) is 4.39 Å². The lowest BCUT2D eigenvalue weighted by Crippen LogP contribution is -2.29. The maximum Gasteiger partial charge on any atom is 0.127 e. The molecule has 0 spiro atoms. The highest BCUT2D eigenvalue weighted by Crippen LogP contribution is 2.17. The van der Waals surface area contributed by atoms with Gasteiger partial charge in [0.05, 0.1) is 6.61 Å². The van der Waals surface area contributed by atoms with Crippen LogP contribution in [0.15, 0.2) is 29.8 Å². The first-order valence-electron chi connectivity index (χ1n) is 7.60. The van der Waals surface area contributed by atoms with Gasteiger partial charge in [0.15, 0.2) is 0 Å². The van der Waals surface area contributed by atoms with Gasteiger partial charge in [0.25, 0.3) is 0 Å². The van der Waals surface area contributed by atoms with Crippen LogP contribution in [0.5, 0.6) is 0 Å². The first-order chi connectivity index (χ1) is 10.2. The lowest BCUT2D eigenvalue weighted by atomic mass is 10.1. The van der Waals surface area contributed by atoms with Crippen LogP contribution in [0.25, 0.3) is 0 Å². The molecule has 3 nitrogen and oxygen atoms in total. The maximum absolute atomic E-state index is 14.0. The minimum atomic E-state index is -0.109. The third kappa shape index (κ3) is 4.92. The smallest absolute Gasteiger partial charge is 0.127 e. The van der Waals surface area contributed by atoms with E-state index in [2.05, 4.69) is 23.2 Å². The van der Waals surface area contributed by atoms with E-state index in [0.717, 1.165) is 43.7 Å². The Labute approximate surface area is 126 Å². The Balaban J connectivity index is 1.96. The fourth-order valence-corrected chi connectivity index (χ4v) is 2.58. The second kappa shape index (κ2) is 8.27. The Morgan fingerprint density at radius 2 is 2.24 bits per heavy atom. The number of hydrogen-bond donors (Lipinski definition) is 1. The van der Waals surface area contributed by atoms with Crippen molar-refractivity contribution in [3.63, 3.8) is 0 Å². The van der Waals surface area contributed by atoms with E-state index in [4.69, 9.17) is 4.74 Å². The molecule has 0 amide bonds. The molecule has 0 unspecified atom stereocenters. The van der Waals surface area contributed by atoms with Crippen molar-refractivity contribution in [3.05, 3.63) is 46.8 Å². The van der Waals surface area contributed by atoms with Crippen LogP contribution in [0.2, 0.25) is 0 Å². The number of rotatable bonds is 7. The summed E-state index contributed by atoms with van der Waals surface area (Å²) in [7, 11) is 1.72. The Hall–Kier alpha value is -1.23. The highest BCUT2D eigenvalue weighted by atomic mass is 19.1. The Kier molecular flexibility index (Phi) is 6.36. The monoisotopic (exact) mass is 292 g/mol. The molecule has 0 saturated heterocycles. The van der Waals surface area contributed by atoms with Crippen molar-refractivity contribution in [1.82, 2.24) is 10.2 Å². The normalized spacial score (nSPS) is 16.0. The maximum atomic E-state index is 14.0. The van der Waals surface area contributed by atoms with Crippen molar-refractivity contribution in [2.75, 3.05) is 33.4 Å². The zero-order valence-electron chi connectivity index (χ0n) is 13.0. The zero-order chi connectivity index (χ0) is 15.1. The molecular formula is C17H25FN2O. The molecule has 1 aliphatic rings. The van der Waals surface area contributed by atoms with Crippen molar-refractivity contribution in [3.8, 4) is 0 Å². The Bertz CT molecular complexity index is 488. The van der Waals surface area contributed by atoms with Crippen molar-refractivity contribution in [1.29, 1.82) is 0 Å². The number of methoxy groups -OCH3 is 1. The van der Waals surface area contributed by atoms with Crippen LogP contribution in [-0.2, 0) is 17.8 Å². The lowest BCUT2D eigenvalue weighted by molar-refractivity contribution is 0.210. The van der Waals surface area contributed by atoms with E-state index in [-0.39, 0.29) is 5.82 Å². The minimum Gasteiger partial charge on any atom is -0.380 e. The molecule has 1 N–H and O–H groups in total. The summed E-state index contributed by atoms with van der Waals surface area (Å²) in [4.78, 5) is 2.27. The molecule has 116 valence electrons. The molecule has 1 heterocycles. The topological polar surface area (TPSA) is 24.5 Å². The molecule has 0 aromatic heterocycles. The Morgan fingerprint density at radius 3 is 2.90 bits per heavy atom. The van der Waals surface area contributed by atoms with Gasteiger partial charge in [-0.15, -0.1) is 0 Å². The Morgan fingerprint density at radius 1 is 1.38 bits per heavy atom. The fourth-order valence-electron chi connectivity index (χ4n) is 2.58. The van der Waals surface area contributed by atoms with Crippen LogP contribution in [0, 0.1) is 5.82 Å². The quantitative estimate of drug-likeness (QED) is 0.782. The van der Waals surface area contributed by atoms with Crippen LogP contribution in [-0.4, -0.2) is 38.3 Å². The standard InChI is InChI=1S/C17H25FN2O/c1-3-19-11-15-4-5-17(18)16(10-15)12-20-8-6-14(7-9-20)13-21-2/h4-6,10,19H,3,7-9,11-13H2,1-2H3. The highest BCUT2D eigenvalue weighted by Gasteiger charge is 2.14. The third-order valence-electron chi connectivity index (χ3n) is 3.80. The van der Waals surface area contributed by atoms with Gasteiger partial charge < -0.3 is 10.1 Å². The predicted molar refractivity (Wildman–Crippen MR) is 83.6 cm³/mol. The summed E-state index contributed by atoms with van der Waals surface area (Å²) in [6.07, 6.45) is 3.21. The summed E-state index contributed by atoms with van der Waals surface area (Å²) in [6.45, 7) is 7.00. The number of benzene rings is 1. The summed E-state index contributed by atoms with van der Waals surface area (Å²) in [6, 6.07) is 5.42. The largest absolute Gasteiger partial charge is 0.380 e. The minimum absolute atomic E-state index is 0.109. The van der Waals surface area contributed by atoms with Gasteiger partial charge in [0.2, 0.25) is 0 Å². The molecule has 2 rings (SSSR count). The van der Waals surface area contributed by atoms with E-state index in [1.54, 1.807) is 13.2 Å². The van der Waals surface area contributed by atoms with Crippen LogP contribution in [0.3, 0.4) is 0 Å². The molecule has 0 aliphatic carbocycles. The molecule has 1 aliphatic heterocycles. The van der Waals surface area contributed by atoms with E-state index >= 15 is 0 Å². The molecule has 4 heteroatoms. The number of nitrogens with one attached hydrogen (secondary N) is 1. The van der Waals surface area contributed by atoms with Crippen molar-refractivity contribution < 1.29 is 9.13 Å². The number of nitrogens with zero attached hydrogens (tertiary/aromatic N) is 1.